The topological polar surface area (TPSA) is 123 Å². The number of carbonyl (C=O) groups excluding carboxylic acids is 3. The van der Waals surface area contributed by atoms with E-state index >= 15 is 0 Å². The highest BCUT2D eigenvalue weighted by molar-refractivity contribution is 5.88. The molecule has 0 amide bonds. The first kappa shape index (κ1) is 22.7. The molecule has 0 unspecified atom stereocenters. The second-order valence-electron chi connectivity index (χ2n) is 8.30. The number of hydrogen-bond acceptors (Lipinski definition) is 9. The largest absolute Gasteiger partial charge is 0.467 e. The third-order valence-corrected chi connectivity index (χ3v) is 6.34. The monoisotopic (exact) mass is 478 g/mol. The van der Waals surface area contributed by atoms with Crippen LogP contribution in [0.15, 0.2) is 41.2 Å². The summed E-state index contributed by atoms with van der Waals surface area (Å²) in [4.78, 5) is 55.0. The van der Waals surface area contributed by atoms with Gasteiger partial charge >= 0.3 is 17.9 Å². The molecule has 0 aliphatic carbocycles. The molecule has 3 aromatic rings. The van der Waals surface area contributed by atoms with Crippen molar-refractivity contribution < 1.29 is 33.3 Å². The minimum absolute atomic E-state index is 0.0302. The lowest BCUT2D eigenvalue weighted by atomic mass is 9.85. The van der Waals surface area contributed by atoms with Crippen molar-refractivity contribution in [2.45, 2.75) is 32.1 Å². The number of hydrogen-bond donors (Lipinski definition) is 0. The second-order valence-corrected chi connectivity index (χ2v) is 8.30. The summed E-state index contributed by atoms with van der Waals surface area (Å²) < 4.78 is 22.0. The highest BCUT2D eigenvalue weighted by atomic mass is 16.6. The Morgan fingerprint density at radius 2 is 1.91 bits per heavy atom. The summed E-state index contributed by atoms with van der Waals surface area (Å²) in [6.07, 6.45) is 0.0302. The zero-order valence-corrected chi connectivity index (χ0v) is 19.2. The number of para-hydroxylation sites is 1. The minimum atomic E-state index is -1.83. The lowest BCUT2D eigenvalue weighted by Crippen LogP contribution is -2.48. The molecule has 0 N–H and O–H groups in total. The van der Waals surface area contributed by atoms with Crippen LogP contribution in [-0.2, 0) is 52.1 Å². The molecule has 0 bridgehead atoms. The minimum Gasteiger partial charge on any atom is -0.467 e. The van der Waals surface area contributed by atoms with Gasteiger partial charge in [0.25, 0.3) is 5.56 Å². The maximum Gasteiger partial charge on any atom is 0.355 e. The van der Waals surface area contributed by atoms with Gasteiger partial charge in [-0.25, -0.2) is 19.4 Å². The van der Waals surface area contributed by atoms with E-state index in [-0.39, 0.29) is 29.7 Å². The van der Waals surface area contributed by atoms with Crippen molar-refractivity contribution in [1.82, 2.24) is 9.55 Å². The van der Waals surface area contributed by atoms with Crippen molar-refractivity contribution in [1.29, 1.82) is 0 Å². The fourth-order valence-corrected chi connectivity index (χ4v) is 4.58. The van der Waals surface area contributed by atoms with E-state index in [4.69, 9.17) is 19.2 Å². The standard InChI is InChI=1S/C25H22N2O8/c1-3-25(35-21(29)13-33-12-20(28)32-2)17-9-19-22-15(8-14-6-4-5-7-18(14)26-22)10-27(19)23(30)16(17)11-34-24(25)31/h4-9H,3,10-13H2,1-2H3/t25-/m0/s1. The van der Waals surface area contributed by atoms with E-state index in [1.807, 2.05) is 30.3 Å². The quantitative estimate of drug-likeness (QED) is 0.302. The maximum absolute atomic E-state index is 13.5. The third-order valence-electron chi connectivity index (χ3n) is 6.34. The van der Waals surface area contributed by atoms with Crippen LogP contribution in [0.2, 0.25) is 0 Å². The molecule has 2 aliphatic heterocycles. The fourth-order valence-electron chi connectivity index (χ4n) is 4.58. The predicted molar refractivity (Wildman–Crippen MR) is 121 cm³/mol. The summed E-state index contributed by atoms with van der Waals surface area (Å²) in [6.45, 7) is 0.736. The van der Waals surface area contributed by atoms with E-state index in [0.717, 1.165) is 16.5 Å². The third kappa shape index (κ3) is 3.66. The van der Waals surface area contributed by atoms with Gasteiger partial charge in [0.1, 0.15) is 19.8 Å². The second kappa shape index (κ2) is 8.62. The van der Waals surface area contributed by atoms with E-state index in [0.29, 0.717) is 17.9 Å². The first-order valence-corrected chi connectivity index (χ1v) is 11.1. The van der Waals surface area contributed by atoms with Gasteiger partial charge in [0.15, 0.2) is 0 Å². The van der Waals surface area contributed by atoms with Crippen LogP contribution in [0.1, 0.15) is 30.0 Å². The van der Waals surface area contributed by atoms with Gasteiger partial charge in [0, 0.05) is 16.5 Å². The summed E-state index contributed by atoms with van der Waals surface area (Å²) in [5, 5.41) is 0.958. The van der Waals surface area contributed by atoms with E-state index in [1.54, 1.807) is 17.6 Å². The van der Waals surface area contributed by atoms with Gasteiger partial charge in [-0.15, -0.1) is 0 Å². The number of methoxy groups -OCH3 is 1. The Bertz CT molecular complexity index is 1440. The van der Waals surface area contributed by atoms with E-state index in [2.05, 4.69) is 4.74 Å². The summed E-state index contributed by atoms with van der Waals surface area (Å²) >= 11 is 0. The van der Waals surface area contributed by atoms with Gasteiger partial charge in [-0.3, -0.25) is 4.79 Å². The summed E-state index contributed by atoms with van der Waals surface area (Å²) in [5.74, 6) is -2.32. The SMILES string of the molecule is CC[C@@]1(OC(=O)COCC(=O)OC)C(=O)OCc2c1cc1n(c2=O)Cc2cc3ccccc3nc2-1. The highest BCUT2D eigenvalue weighted by Gasteiger charge is 2.50. The Labute approximate surface area is 199 Å². The van der Waals surface area contributed by atoms with Crippen molar-refractivity contribution in [2.75, 3.05) is 20.3 Å². The average molecular weight is 478 g/mol. The number of rotatable bonds is 6. The molecule has 0 saturated heterocycles. The summed E-state index contributed by atoms with van der Waals surface area (Å²) in [7, 11) is 1.19. The Balaban J connectivity index is 1.57. The van der Waals surface area contributed by atoms with Crippen LogP contribution in [0, 0.1) is 0 Å². The zero-order chi connectivity index (χ0) is 24.7. The predicted octanol–water partition coefficient (Wildman–Crippen LogP) is 1.82. The molecule has 0 spiro atoms. The summed E-state index contributed by atoms with van der Waals surface area (Å²) in [6, 6.07) is 11.3. The highest BCUT2D eigenvalue weighted by Crippen LogP contribution is 2.40. The van der Waals surface area contributed by atoms with Crippen molar-refractivity contribution in [3.05, 3.63) is 63.4 Å². The fraction of sp³-hybridized carbons (Fsp3) is 0.320. The lowest BCUT2D eigenvalue weighted by molar-refractivity contribution is -0.192. The normalized spacial score (nSPS) is 17.8. The number of aromatic nitrogens is 2. The van der Waals surface area contributed by atoms with E-state index in [9.17, 15) is 19.2 Å². The van der Waals surface area contributed by atoms with Gasteiger partial charge in [-0.1, -0.05) is 25.1 Å². The smallest absolute Gasteiger partial charge is 0.355 e. The van der Waals surface area contributed by atoms with Crippen molar-refractivity contribution in [2.24, 2.45) is 0 Å². The average Bonchev–Trinajstić information content (AvgIpc) is 3.22. The molecule has 2 aromatic heterocycles. The lowest BCUT2D eigenvalue weighted by Gasteiger charge is -2.35. The van der Waals surface area contributed by atoms with Gasteiger partial charge in [0.2, 0.25) is 5.60 Å². The number of pyridine rings is 2. The molecule has 4 heterocycles. The van der Waals surface area contributed by atoms with Gasteiger partial charge < -0.3 is 23.5 Å². The Hall–Kier alpha value is -4.05. The summed E-state index contributed by atoms with van der Waals surface area (Å²) in [5.41, 5.74) is 1.20. The molecule has 10 heteroatoms. The Morgan fingerprint density at radius 1 is 1.14 bits per heavy atom. The van der Waals surface area contributed by atoms with Crippen LogP contribution in [0.3, 0.4) is 0 Å². The van der Waals surface area contributed by atoms with Gasteiger partial charge in [-0.2, -0.15) is 0 Å². The van der Waals surface area contributed by atoms with Gasteiger partial charge in [0.05, 0.1) is 36.1 Å². The van der Waals surface area contributed by atoms with Crippen LogP contribution in [0.4, 0.5) is 0 Å². The van der Waals surface area contributed by atoms with Crippen LogP contribution in [-0.4, -0.2) is 47.8 Å². The first-order valence-electron chi connectivity index (χ1n) is 11.1. The van der Waals surface area contributed by atoms with E-state index in [1.165, 1.54) is 7.11 Å². The van der Waals surface area contributed by atoms with Gasteiger partial charge in [-0.05, 0) is 24.6 Å². The molecule has 0 saturated carbocycles. The molecule has 10 nitrogen and oxygen atoms in total. The molecule has 0 fully saturated rings. The molecule has 180 valence electrons. The zero-order valence-electron chi connectivity index (χ0n) is 19.2. The van der Waals surface area contributed by atoms with Crippen LogP contribution < -0.4 is 5.56 Å². The molecular weight excluding hydrogens is 456 g/mol. The Morgan fingerprint density at radius 3 is 2.69 bits per heavy atom. The molecule has 0 radical (unpaired) electrons. The molecule has 1 atom stereocenters. The number of nitrogens with zero attached hydrogens (tertiary/aromatic N) is 2. The molecular formula is C25H22N2O8. The Kier molecular flexibility index (Phi) is 5.60. The number of cyclic esters (lactones) is 1. The van der Waals surface area contributed by atoms with Crippen molar-refractivity contribution in [3.63, 3.8) is 0 Å². The number of carbonyl (C=O) groups is 3. The molecule has 2 aliphatic rings. The van der Waals surface area contributed by atoms with Crippen LogP contribution in [0.5, 0.6) is 0 Å². The number of ether oxygens (including phenoxy) is 4. The molecule has 35 heavy (non-hydrogen) atoms. The van der Waals surface area contributed by atoms with Crippen LogP contribution >= 0.6 is 0 Å². The van der Waals surface area contributed by atoms with Crippen LogP contribution in [0.25, 0.3) is 22.3 Å². The number of fused-ring (bicyclic) bond motifs is 5. The van der Waals surface area contributed by atoms with Crippen molar-refractivity contribution in [3.8, 4) is 11.4 Å². The maximum atomic E-state index is 13.5. The van der Waals surface area contributed by atoms with E-state index < -0.39 is 36.7 Å². The molecule has 1 aromatic carbocycles. The van der Waals surface area contributed by atoms with Crippen molar-refractivity contribution >= 4 is 28.8 Å². The number of benzene rings is 1. The molecule has 5 rings (SSSR count). The first-order chi connectivity index (χ1) is 16.9. The number of esters is 3.